The van der Waals surface area contributed by atoms with Gasteiger partial charge in [-0.15, -0.1) is 0 Å². The van der Waals surface area contributed by atoms with Gasteiger partial charge in [-0.25, -0.2) is 4.52 Å². The fourth-order valence-electron chi connectivity index (χ4n) is 3.51. The van der Waals surface area contributed by atoms with Crippen molar-refractivity contribution in [3.63, 3.8) is 0 Å². The second-order valence-electron chi connectivity index (χ2n) is 6.66. The van der Waals surface area contributed by atoms with E-state index < -0.39 is 0 Å². The van der Waals surface area contributed by atoms with Crippen LogP contribution < -0.4 is 5.32 Å². The van der Waals surface area contributed by atoms with E-state index in [0.717, 1.165) is 42.7 Å². The predicted molar refractivity (Wildman–Crippen MR) is 102 cm³/mol. The molecule has 4 rings (SSSR count). The lowest BCUT2D eigenvalue weighted by molar-refractivity contribution is 0.0726. The Morgan fingerprint density at radius 3 is 2.67 bits per heavy atom. The number of nitrogens with one attached hydrogen (secondary N) is 1. The van der Waals surface area contributed by atoms with Crippen LogP contribution in [0.4, 0.5) is 0 Å². The van der Waals surface area contributed by atoms with Crippen LogP contribution in [0.25, 0.3) is 16.8 Å². The van der Waals surface area contributed by atoms with Crippen molar-refractivity contribution in [2.75, 3.05) is 20.1 Å². The fraction of sp³-hybridized carbons (Fsp3) is 0.300. The summed E-state index contributed by atoms with van der Waals surface area (Å²) in [4.78, 5) is 30.9. The summed E-state index contributed by atoms with van der Waals surface area (Å²) in [5, 5.41) is 7.05. The van der Waals surface area contributed by atoms with E-state index in [0.29, 0.717) is 11.1 Å². The highest BCUT2D eigenvalue weighted by molar-refractivity contribution is 6.01. The molecular formula is C20H21N5O2. The maximum atomic E-state index is 12.9. The third-order valence-corrected chi connectivity index (χ3v) is 4.94. The molecule has 3 aromatic heterocycles. The molecule has 1 aliphatic rings. The first-order valence-corrected chi connectivity index (χ1v) is 9.12. The van der Waals surface area contributed by atoms with Crippen molar-refractivity contribution in [2.45, 2.75) is 19.3 Å². The SMILES string of the molecule is CNC(=O)c1cncc(-c2cccc3c(C(=O)N4CCCCC4)cnn23)c1. The smallest absolute Gasteiger partial charge is 0.257 e. The first kappa shape index (κ1) is 17.2. The lowest BCUT2D eigenvalue weighted by Gasteiger charge is -2.26. The van der Waals surface area contributed by atoms with Gasteiger partial charge in [0.1, 0.15) is 0 Å². The highest BCUT2D eigenvalue weighted by Crippen LogP contribution is 2.24. The van der Waals surface area contributed by atoms with Gasteiger partial charge < -0.3 is 10.2 Å². The van der Waals surface area contributed by atoms with Crippen LogP contribution in [-0.2, 0) is 0 Å². The maximum absolute atomic E-state index is 12.9. The van der Waals surface area contributed by atoms with Crippen molar-refractivity contribution in [3.05, 3.63) is 54.0 Å². The molecule has 27 heavy (non-hydrogen) atoms. The molecule has 0 bridgehead atoms. The minimum atomic E-state index is -0.196. The summed E-state index contributed by atoms with van der Waals surface area (Å²) in [6.07, 6.45) is 8.12. The molecule has 0 saturated carbocycles. The number of piperidine rings is 1. The number of nitrogens with zero attached hydrogens (tertiary/aromatic N) is 4. The fourth-order valence-corrected chi connectivity index (χ4v) is 3.51. The van der Waals surface area contributed by atoms with E-state index in [4.69, 9.17) is 0 Å². The van der Waals surface area contributed by atoms with Gasteiger partial charge in [0.15, 0.2) is 0 Å². The number of carbonyl (C=O) groups excluding carboxylic acids is 2. The Morgan fingerprint density at radius 2 is 1.89 bits per heavy atom. The number of likely N-dealkylation sites (tertiary alicyclic amines) is 1. The number of carbonyl (C=O) groups is 2. The molecule has 0 aliphatic carbocycles. The van der Waals surface area contributed by atoms with Gasteiger partial charge in [0.2, 0.25) is 0 Å². The van der Waals surface area contributed by atoms with E-state index in [9.17, 15) is 9.59 Å². The highest BCUT2D eigenvalue weighted by Gasteiger charge is 2.22. The maximum Gasteiger partial charge on any atom is 0.257 e. The molecule has 0 unspecified atom stereocenters. The predicted octanol–water partition coefficient (Wildman–Crippen LogP) is 2.38. The molecule has 7 heteroatoms. The normalized spacial score (nSPS) is 14.3. The monoisotopic (exact) mass is 363 g/mol. The summed E-state index contributed by atoms with van der Waals surface area (Å²) in [6, 6.07) is 7.46. The van der Waals surface area contributed by atoms with Gasteiger partial charge in [-0.3, -0.25) is 14.6 Å². The first-order chi connectivity index (χ1) is 13.2. The highest BCUT2D eigenvalue weighted by atomic mass is 16.2. The summed E-state index contributed by atoms with van der Waals surface area (Å²) in [7, 11) is 1.59. The Morgan fingerprint density at radius 1 is 1.07 bits per heavy atom. The summed E-state index contributed by atoms with van der Waals surface area (Å²) in [5.74, 6) is -0.169. The molecule has 0 spiro atoms. The minimum Gasteiger partial charge on any atom is -0.355 e. The standard InChI is InChI=1S/C20H21N5O2/c1-21-19(26)15-10-14(11-22-12-15)17-6-5-7-18-16(13-23-25(17)18)20(27)24-8-3-2-4-9-24/h5-7,10-13H,2-4,8-9H2,1H3,(H,21,26). The van der Waals surface area contributed by atoms with Gasteiger partial charge in [-0.05, 0) is 37.5 Å². The number of rotatable bonds is 3. The van der Waals surface area contributed by atoms with Gasteiger partial charge in [-0.1, -0.05) is 6.07 Å². The summed E-state index contributed by atoms with van der Waals surface area (Å²) >= 11 is 0. The third-order valence-electron chi connectivity index (χ3n) is 4.94. The molecule has 1 saturated heterocycles. The molecule has 0 atom stereocenters. The molecule has 138 valence electrons. The minimum absolute atomic E-state index is 0.0269. The van der Waals surface area contributed by atoms with Crippen LogP contribution in [0.3, 0.4) is 0 Å². The zero-order valence-electron chi connectivity index (χ0n) is 15.2. The molecule has 0 radical (unpaired) electrons. The molecule has 4 heterocycles. The number of hydrogen-bond donors (Lipinski definition) is 1. The zero-order chi connectivity index (χ0) is 18.8. The van der Waals surface area contributed by atoms with Crippen molar-refractivity contribution in [1.82, 2.24) is 24.8 Å². The molecule has 1 aliphatic heterocycles. The second-order valence-corrected chi connectivity index (χ2v) is 6.66. The molecule has 0 aromatic carbocycles. The number of fused-ring (bicyclic) bond motifs is 1. The van der Waals surface area contributed by atoms with Crippen LogP contribution in [-0.4, -0.2) is 51.4 Å². The zero-order valence-corrected chi connectivity index (χ0v) is 15.2. The van der Waals surface area contributed by atoms with Crippen LogP contribution in [0.15, 0.2) is 42.9 Å². The van der Waals surface area contributed by atoms with Crippen molar-refractivity contribution < 1.29 is 9.59 Å². The van der Waals surface area contributed by atoms with E-state index in [2.05, 4.69) is 15.4 Å². The molecular weight excluding hydrogens is 342 g/mol. The van der Waals surface area contributed by atoms with E-state index in [1.54, 1.807) is 30.0 Å². The lowest BCUT2D eigenvalue weighted by atomic mass is 10.1. The first-order valence-electron chi connectivity index (χ1n) is 9.12. The average Bonchev–Trinajstić information content (AvgIpc) is 3.17. The van der Waals surface area contributed by atoms with E-state index >= 15 is 0 Å². The average molecular weight is 363 g/mol. The Kier molecular flexibility index (Phi) is 4.58. The van der Waals surface area contributed by atoms with E-state index in [1.807, 2.05) is 23.1 Å². The second kappa shape index (κ2) is 7.19. The Balaban J connectivity index is 1.75. The molecule has 7 nitrogen and oxygen atoms in total. The van der Waals surface area contributed by atoms with Gasteiger partial charge in [0.25, 0.3) is 11.8 Å². The summed E-state index contributed by atoms with van der Waals surface area (Å²) in [5.41, 5.74) is 3.39. The Hall–Kier alpha value is -3.22. The molecule has 2 amide bonds. The topological polar surface area (TPSA) is 79.6 Å². The number of hydrogen-bond acceptors (Lipinski definition) is 4. The Labute approximate surface area is 157 Å². The third kappa shape index (κ3) is 3.16. The van der Waals surface area contributed by atoms with Crippen LogP contribution in [0.1, 0.15) is 40.0 Å². The number of pyridine rings is 2. The van der Waals surface area contributed by atoms with Crippen LogP contribution in [0, 0.1) is 0 Å². The lowest BCUT2D eigenvalue weighted by Crippen LogP contribution is -2.35. The molecule has 3 aromatic rings. The summed E-state index contributed by atoms with van der Waals surface area (Å²) in [6.45, 7) is 1.60. The quantitative estimate of drug-likeness (QED) is 0.775. The van der Waals surface area contributed by atoms with Gasteiger partial charge in [0.05, 0.1) is 28.5 Å². The van der Waals surface area contributed by atoms with E-state index in [-0.39, 0.29) is 11.8 Å². The largest absolute Gasteiger partial charge is 0.355 e. The van der Waals surface area contributed by atoms with Crippen LogP contribution >= 0.6 is 0 Å². The number of amides is 2. The number of aromatic nitrogens is 3. The van der Waals surface area contributed by atoms with Crippen molar-refractivity contribution in [1.29, 1.82) is 0 Å². The summed E-state index contributed by atoms with van der Waals surface area (Å²) < 4.78 is 1.74. The van der Waals surface area contributed by atoms with Gasteiger partial charge >= 0.3 is 0 Å². The van der Waals surface area contributed by atoms with Crippen LogP contribution in [0.5, 0.6) is 0 Å². The van der Waals surface area contributed by atoms with Crippen molar-refractivity contribution in [3.8, 4) is 11.3 Å². The molecule has 1 fully saturated rings. The Bertz CT molecular complexity index is 1000. The molecule has 1 N–H and O–H groups in total. The van der Waals surface area contributed by atoms with Crippen molar-refractivity contribution in [2.24, 2.45) is 0 Å². The van der Waals surface area contributed by atoms with Crippen LogP contribution in [0.2, 0.25) is 0 Å². The van der Waals surface area contributed by atoms with Crippen molar-refractivity contribution >= 4 is 17.3 Å². The van der Waals surface area contributed by atoms with Gasteiger partial charge in [0, 0.05) is 38.1 Å². The van der Waals surface area contributed by atoms with Gasteiger partial charge in [-0.2, -0.15) is 5.10 Å². The van der Waals surface area contributed by atoms with E-state index in [1.165, 1.54) is 12.6 Å².